The Balaban J connectivity index is 1.69. The molecule has 2 aromatic rings. The molecule has 0 saturated heterocycles. The normalized spacial score (nSPS) is 18.1. The molecule has 0 radical (unpaired) electrons. The SMILES string of the molecule is O=C1c2ccccc2CC[C@H]1CSc1ccccc1. The van der Waals surface area contributed by atoms with Crippen molar-refractivity contribution < 1.29 is 4.79 Å². The highest BCUT2D eigenvalue weighted by atomic mass is 32.2. The van der Waals surface area contributed by atoms with Gasteiger partial charge in [-0.2, -0.15) is 0 Å². The molecule has 1 aliphatic carbocycles. The van der Waals surface area contributed by atoms with E-state index in [1.807, 2.05) is 36.4 Å². The lowest BCUT2D eigenvalue weighted by molar-refractivity contribution is 0.0917. The number of fused-ring (bicyclic) bond motifs is 1. The number of carbonyl (C=O) groups excluding carboxylic acids is 1. The maximum Gasteiger partial charge on any atom is 0.167 e. The number of ketones is 1. The number of aryl methyl sites for hydroxylation is 1. The van der Waals surface area contributed by atoms with Gasteiger partial charge in [0.2, 0.25) is 0 Å². The van der Waals surface area contributed by atoms with Gasteiger partial charge in [0.1, 0.15) is 0 Å². The van der Waals surface area contributed by atoms with Gasteiger partial charge < -0.3 is 0 Å². The van der Waals surface area contributed by atoms with Crippen molar-refractivity contribution in [1.29, 1.82) is 0 Å². The summed E-state index contributed by atoms with van der Waals surface area (Å²) in [6.07, 6.45) is 2.01. The van der Waals surface area contributed by atoms with Crippen LogP contribution in [0.5, 0.6) is 0 Å². The van der Waals surface area contributed by atoms with Crippen LogP contribution in [0.25, 0.3) is 0 Å². The Morgan fingerprint density at radius 3 is 2.58 bits per heavy atom. The Kier molecular flexibility index (Phi) is 3.69. The zero-order valence-corrected chi connectivity index (χ0v) is 11.5. The number of Topliss-reactive ketones (excluding diaryl/α,β-unsaturated/α-hetero) is 1. The second kappa shape index (κ2) is 5.62. The molecule has 0 fully saturated rings. The zero-order chi connectivity index (χ0) is 13.1. The predicted molar refractivity (Wildman–Crippen MR) is 79.7 cm³/mol. The van der Waals surface area contributed by atoms with Gasteiger partial charge in [-0.1, -0.05) is 42.5 Å². The fourth-order valence-electron chi connectivity index (χ4n) is 2.53. The standard InChI is InChI=1S/C17H16OS/c18-17-14(12-19-15-7-2-1-3-8-15)11-10-13-6-4-5-9-16(13)17/h1-9,14H,10-12H2/t14-/m0/s1. The molecule has 0 heterocycles. The summed E-state index contributed by atoms with van der Waals surface area (Å²) in [6.45, 7) is 0. The molecule has 0 spiro atoms. The summed E-state index contributed by atoms with van der Waals surface area (Å²) in [7, 11) is 0. The van der Waals surface area contributed by atoms with Gasteiger partial charge in [-0.3, -0.25) is 4.79 Å². The Labute approximate surface area is 118 Å². The van der Waals surface area contributed by atoms with Crippen molar-refractivity contribution in [3.63, 3.8) is 0 Å². The number of thioether (sulfide) groups is 1. The third-order valence-electron chi connectivity index (χ3n) is 3.61. The van der Waals surface area contributed by atoms with Crippen LogP contribution < -0.4 is 0 Å². The number of hydrogen-bond acceptors (Lipinski definition) is 2. The molecule has 1 nitrogen and oxygen atoms in total. The summed E-state index contributed by atoms with van der Waals surface area (Å²) in [5, 5.41) is 0. The van der Waals surface area contributed by atoms with Crippen molar-refractivity contribution in [3.05, 3.63) is 65.7 Å². The van der Waals surface area contributed by atoms with Gasteiger partial charge in [-0.15, -0.1) is 11.8 Å². The molecule has 0 aromatic heterocycles. The van der Waals surface area contributed by atoms with Gasteiger partial charge >= 0.3 is 0 Å². The molecule has 3 rings (SSSR count). The van der Waals surface area contributed by atoms with Crippen LogP contribution in [-0.4, -0.2) is 11.5 Å². The summed E-state index contributed by atoms with van der Waals surface area (Å²) < 4.78 is 0. The molecule has 0 saturated carbocycles. The van der Waals surface area contributed by atoms with E-state index in [1.54, 1.807) is 11.8 Å². The van der Waals surface area contributed by atoms with Gasteiger partial charge in [-0.05, 0) is 30.5 Å². The molecule has 0 amide bonds. The third kappa shape index (κ3) is 2.74. The average Bonchev–Trinajstić information content (AvgIpc) is 2.48. The Hall–Kier alpha value is -1.54. The fourth-order valence-corrected chi connectivity index (χ4v) is 3.59. The minimum atomic E-state index is 0.167. The van der Waals surface area contributed by atoms with E-state index in [1.165, 1.54) is 10.5 Å². The number of rotatable bonds is 3. The Morgan fingerprint density at radius 2 is 1.74 bits per heavy atom. The van der Waals surface area contributed by atoms with E-state index in [9.17, 15) is 4.79 Å². The van der Waals surface area contributed by atoms with Crippen LogP contribution in [0.3, 0.4) is 0 Å². The predicted octanol–water partition coefficient (Wildman–Crippen LogP) is 4.22. The van der Waals surface area contributed by atoms with E-state index in [4.69, 9.17) is 0 Å². The minimum absolute atomic E-state index is 0.167. The van der Waals surface area contributed by atoms with E-state index in [0.29, 0.717) is 5.78 Å². The van der Waals surface area contributed by atoms with Crippen LogP contribution >= 0.6 is 11.8 Å². The highest BCUT2D eigenvalue weighted by Gasteiger charge is 2.26. The molecule has 96 valence electrons. The molecular weight excluding hydrogens is 252 g/mol. The van der Waals surface area contributed by atoms with E-state index >= 15 is 0 Å². The molecule has 0 unspecified atom stereocenters. The first-order chi connectivity index (χ1) is 9.34. The first-order valence-corrected chi connectivity index (χ1v) is 7.63. The maximum atomic E-state index is 12.4. The molecule has 0 aliphatic heterocycles. The lowest BCUT2D eigenvalue weighted by Crippen LogP contribution is -2.24. The number of hydrogen-bond donors (Lipinski definition) is 0. The molecule has 0 bridgehead atoms. The molecule has 2 aromatic carbocycles. The molecule has 0 N–H and O–H groups in total. The molecule has 1 aliphatic rings. The van der Waals surface area contributed by atoms with Gasteiger partial charge in [0.25, 0.3) is 0 Å². The number of benzene rings is 2. The molecule has 19 heavy (non-hydrogen) atoms. The second-order valence-electron chi connectivity index (χ2n) is 4.88. The van der Waals surface area contributed by atoms with Crippen LogP contribution in [0, 0.1) is 5.92 Å². The van der Waals surface area contributed by atoms with Crippen LogP contribution in [0.1, 0.15) is 22.3 Å². The fraction of sp³-hybridized carbons (Fsp3) is 0.235. The lowest BCUT2D eigenvalue weighted by atomic mass is 9.84. The van der Waals surface area contributed by atoms with Crippen molar-refractivity contribution in [3.8, 4) is 0 Å². The maximum absolute atomic E-state index is 12.4. The smallest absolute Gasteiger partial charge is 0.167 e. The van der Waals surface area contributed by atoms with Crippen LogP contribution in [0.15, 0.2) is 59.5 Å². The van der Waals surface area contributed by atoms with Crippen molar-refractivity contribution >= 4 is 17.5 Å². The second-order valence-corrected chi connectivity index (χ2v) is 5.97. The first-order valence-electron chi connectivity index (χ1n) is 6.64. The lowest BCUT2D eigenvalue weighted by Gasteiger charge is -2.22. The summed E-state index contributed by atoms with van der Waals surface area (Å²) in [6, 6.07) is 18.3. The zero-order valence-electron chi connectivity index (χ0n) is 10.7. The van der Waals surface area contributed by atoms with E-state index in [-0.39, 0.29) is 5.92 Å². The average molecular weight is 268 g/mol. The van der Waals surface area contributed by atoms with E-state index in [0.717, 1.165) is 24.2 Å². The first kappa shape index (κ1) is 12.5. The van der Waals surface area contributed by atoms with Crippen LogP contribution in [-0.2, 0) is 6.42 Å². The molecule has 1 atom stereocenters. The Bertz CT molecular complexity index is 577. The van der Waals surface area contributed by atoms with Gasteiger partial charge in [0.15, 0.2) is 5.78 Å². The summed E-state index contributed by atoms with van der Waals surface area (Å²) in [5.74, 6) is 1.38. The number of carbonyl (C=O) groups is 1. The highest BCUT2D eigenvalue weighted by molar-refractivity contribution is 7.99. The van der Waals surface area contributed by atoms with Crippen LogP contribution in [0.2, 0.25) is 0 Å². The van der Waals surface area contributed by atoms with Gasteiger partial charge in [0, 0.05) is 22.1 Å². The minimum Gasteiger partial charge on any atom is -0.294 e. The largest absolute Gasteiger partial charge is 0.294 e. The third-order valence-corrected chi connectivity index (χ3v) is 4.78. The van der Waals surface area contributed by atoms with Gasteiger partial charge in [-0.25, -0.2) is 0 Å². The van der Waals surface area contributed by atoms with E-state index in [2.05, 4.69) is 18.2 Å². The topological polar surface area (TPSA) is 17.1 Å². The van der Waals surface area contributed by atoms with Crippen molar-refractivity contribution in [2.45, 2.75) is 17.7 Å². The summed E-state index contributed by atoms with van der Waals surface area (Å²) in [5.41, 5.74) is 2.15. The molecular formula is C17H16OS. The summed E-state index contributed by atoms with van der Waals surface area (Å²) >= 11 is 1.78. The van der Waals surface area contributed by atoms with Crippen molar-refractivity contribution in [2.24, 2.45) is 5.92 Å². The van der Waals surface area contributed by atoms with Crippen molar-refractivity contribution in [1.82, 2.24) is 0 Å². The summed E-state index contributed by atoms with van der Waals surface area (Å²) in [4.78, 5) is 13.7. The monoisotopic (exact) mass is 268 g/mol. The highest BCUT2D eigenvalue weighted by Crippen LogP contribution is 2.30. The Morgan fingerprint density at radius 1 is 1.00 bits per heavy atom. The molecule has 2 heteroatoms. The van der Waals surface area contributed by atoms with Gasteiger partial charge in [0.05, 0.1) is 0 Å². The van der Waals surface area contributed by atoms with Crippen molar-refractivity contribution in [2.75, 3.05) is 5.75 Å². The van der Waals surface area contributed by atoms with Crippen LogP contribution in [0.4, 0.5) is 0 Å². The van der Waals surface area contributed by atoms with E-state index < -0.39 is 0 Å². The quantitative estimate of drug-likeness (QED) is 0.775.